The van der Waals surface area contributed by atoms with Gasteiger partial charge in [-0.15, -0.1) is 0 Å². The van der Waals surface area contributed by atoms with Crippen molar-refractivity contribution >= 4 is 56.6 Å². The fourth-order valence-electron chi connectivity index (χ4n) is 4.01. The minimum absolute atomic E-state index is 0.164. The van der Waals surface area contributed by atoms with E-state index >= 15 is 0 Å². The van der Waals surface area contributed by atoms with E-state index in [0.29, 0.717) is 33.1 Å². The van der Waals surface area contributed by atoms with Gasteiger partial charge in [0.05, 0.1) is 27.2 Å². The maximum atomic E-state index is 13.3. The van der Waals surface area contributed by atoms with E-state index in [9.17, 15) is 14.0 Å². The molecule has 0 saturated carbocycles. The van der Waals surface area contributed by atoms with Crippen LogP contribution in [0.3, 0.4) is 0 Å². The van der Waals surface area contributed by atoms with Crippen LogP contribution < -0.4 is 24.9 Å². The maximum Gasteiger partial charge on any atom is 0.274 e. The molecule has 0 unspecified atom stereocenters. The molecule has 0 aliphatic heterocycles. The third-order valence-corrected chi connectivity index (χ3v) is 7.21. The minimum Gasteiger partial charge on any atom is -0.490 e. The molecule has 7 nitrogen and oxygen atoms in total. The smallest absolute Gasteiger partial charge is 0.274 e. The molecule has 0 spiro atoms. The number of hydrogen-bond donors (Lipinski definition) is 1. The lowest BCUT2D eigenvalue weighted by atomic mass is 10.1. The molecule has 1 amide bonds. The number of nitrogens with zero attached hydrogens (tertiary/aromatic N) is 2. The monoisotopic (exact) mass is 551 g/mol. The first-order valence-corrected chi connectivity index (χ1v) is 13.0. The molecule has 5 rings (SSSR count). The molecular formula is C28H23ClFN3O4S. The molecule has 0 aliphatic rings. The van der Waals surface area contributed by atoms with E-state index in [1.54, 1.807) is 22.6 Å². The Morgan fingerprint density at radius 3 is 2.61 bits per heavy atom. The highest BCUT2D eigenvalue weighted by molar-refractivity contribution is 7.15. The first-order valence-electron chi connectivity index (χ1n) is 11.8. The van der Waals surface area contributed by atoms with Crippen LogP contribution in [0.25, 0.3) is 22.1 Å². The van der Waals surface area contributed by atoms with Gasteiger partial charge >= 0.3 is 0 Å². The van der Waals surface area contributed by atoms with Gasteiger partial charge in [-0.1, -0.05) is 22.9 Å². The number of fused-ring (bicyclic) bond motifs is 3. The van der Waals surface area contributed by atoms with Crippen LogP contribution in [0.1, 0.15) is 23.6 Å². The van der Waals surface area contributed by atoms with Crippen molar-refractivity contribution in [2.24, 2.45) is 0 Å². The van der Waals surface area contributed by atoms with Crippen molar-refractivity contribution in [2.75, 3.05) is 18.5 Å². The molecule has 0 radical (unpaired) electrons. The van der Waals surface area contributed by atoms with Gasteiger partial charge in [0.15, 0.2) is 23.1 Å². The Morgan fingerprint density at radius 1 is 1.13 bits per heavy atom. The van der Waals surface area contributed by atoms with Crippen molar-refractivity contribution in [1.82, 2.24) is 9.38 Å². The number of aryl methyl sites for hydroxylation is 2. The Kier molecular flexibility index (Phi) is 7.05. The molecule has 194 valence electrons. The minimum atomic E-state index is -0.443. The number of anilines is 1. The van der Waals surface area contributed by atoms with Crippen molar-refractivity contribution in [3.63, 3.8) is 0 Å². The van der Waals surface area contributed by atoms with Gasteiger partial charge in [0.2, 0.25) is 0 Å². The molecule has 2 aromatic heterocycles. The van der Waals surface area contributed by atoms with Gasteiger partial charge in [0.1, 0.15) is 5.82 Å². The van der Waals surface area contributed by atoms with Gasteiger partial charge in [0.25, 0.3) is 11.5 Å². The number of carbonyl (C=O) groups excluding carboxylic acids is 1. The SMILES string of the molecule is CCOc1cc(/C=c2\sc3nc4cc(C)c(C)cc4n3c2=O)cc(Cl)c1OCC(=O)Nc1ccc(F)cc1. The number of imidazole rings is 1. The lowest BCUT2D eigenvalue weighted by Gasteiger charge is -2.14. The van der Waals surface area contributed by atoms with Crippen LogP contribution in [0.4, 0.5) is 10.1 Å². The number of amides is 1. The number of rotatable bonds is 7. The summed E-state index contributed by atoms with van der Waals surface area (Å²) in [6.45, 7) is 5.84. The van der Waals surface area contributed by atoms with Crippen molar-refractivity contribution < 1.29 is 18.7 Å². The van der Waals surface area contributed by atoms with E-state index in [-0.39, 0.29) is 22.9 Å². The molecule has 10 heteroatoms. The number of thiazole rings is 1. The molecule has 1 N–H and O–H groups in total. The Hall–Kier alpha value is -3.95. The first-order chi connectivity index (χ1) is 18.2. The summed E-state index contributed by atoms with van der Waals surface area (Å²) < 4.78 is 26.6. The van der Waals surface area contributed by atoms with Crippen LogP contribution in [0.5, 0.6) is 11.5 Å². The highest BCUT2D eigenvalue weighted by Crippen LogP contribution is 2.37. The number of nitrogens with one attached hydrogen (secondary N) is 1. The largest absolute Gasteiger partial charge is 0.490 e. The number of carbonyl (C=O) groups is 1. The molecule has 3 aromatic carbocycles. The van der Waals surface area contributed by atoms with Gasteiger partial charge in [0, 0.05) is 5.69 Å². The van der Waals surface area contributed by atoms with Crippen molar-refractivity contribution in [3.05, 3.63) is 90.9 Å². The zero-order valence-corrected chi connectivity index (χ0v) is 22.4. The molecule has 5 aromatic rings. The zero-order valence-electron chi connectivity index (χ0n) is 20.8. The number of ether oxygens (including phenoxy) is 2. The summed E-state index contributed by atoms with van der Waals surface area (Å²) in [4.78, 5) is 30.8. The molecule has 0 aliphatic carbocycles. The van der Waals surface area contributed by atoms with Crippen LogP contribution in [0.2, 0.25) is 5.02 Å². The lowest BCUT2D eigenvalue weighted by Crippen LogP contribution is -2.22. The summed E-state index contributed by atoms with van der Waals surface area (Å²) in [7, 11) is 0. The van der Waals surface area contributed by atoms with E-state index in [4.69, 9.17) is 21.1 Å². The quantitative estimate of drug-likeness (QED) is 0.297. The van der Waals surface area contributed by atoms with Gasteiger partial charge in [-0.2, -0.15) is 0 Å². The van der Waals surface area contributed by atoms with Crippen LogP contribution in [-0.4, -0.2) is 28.5 Å². The van der Waals surface area contributed by atoms with Gasteiger partial charge < -0.3 is 14.8 Å². The first kappa shape index (κ1) is 25.7. The predicted molar refractivity (Wildman–Crippen MR) is 148 cm³/mol. The highest BCUT2D eigenvalue weighted by atomic mass is 35.5. The maximum absolute atomic E-state index is 13.3. The standard InChI is InChI=1S/C28H23ClFN3O4S/c1-4-36-23-12-17(11-20(29)26(23)37-14-25(34)31-19-7-5-18(30)6-8-19)13-24-27(35)33-22-10-16(3)15(2)9-21(22)32-28(33)38-24/h5-13H,4,14H2,1-3H3,(H,31,34)/b24-13-. The zero-order chi connectivity index (χ0) is 27.0. The second-order valence-corrected chi connectivity index (χ2v) is 10.1. The normalized spacial score (nSPS) is 11.9. The summed E-state index contributed by atoms with van der Waals surface area (Å²) in [6.07, 6.45) is 1.73. The van der Waals surface area contributed by atoms with Crippen LogP contribution in [0.15, 0.2) is 53.3 Å². The Labute approximate surface area is 226 Å². The predicted octanol–water partition coefficient (Wildman–Crippen LogP) is 5.28. The lowest BCUT2D eigenvalue weighted by molar-refractivity contribution is -0.118. The summed E-state index contributed by atoms with van der Waals surface area (Å²) in [5.41, 5.74) is 4.69. The van der Waals surface area contributed by atoms with Crippen LogP contribution in [0, 0.1) is 19.7 Å². The molecular weight excluding hydrogens is 529 g/mol. The molecule has 38 heavy (non-hydrogen) atoms. The summed E-state index contributed by atoms with van der Waals surface area (Å²) in [5, 5.41) is 2.85. The number of hydrogen-bond acceptors (Lipinski definition) is 6. The number of halogens is 2. The third kappa shape index (κ3) is 5.07. The Balaban J connectivity index is 1.44. The summed E-state index contributed by atoms with van der Waals surface area (Å²) in [6, 6.07) is 12.7. The highest BCUT2D eigenvalue weighted by Gasteiger charge is 2.16. The Morgan fingerprint density at radius 2 is 1.87 bits per heavy atom. The topological polar surface area (TPSA) is 81.9 Å². The van der Waals surface area contributed by atoms with Crippen molar-refractivity contribution in [3.8, 4) is 11.5 Å². The second kappa shape index (κ2) is 10.4. The molecule has 2 heterocycles. The fourth-order valence-corrected chi connectivity index (χ4v) is 5.27. The van der Waals surface area contributed by atoms with E-state index < -0.39 is 11.7 Å². The van der Waals surface area contributed by atoms with Crippen LogP contribution in [-0.2, 0) is 4.79 Å². The Bertz CT molecular complexity index is 1800. The van der Waals surface area contributed by atoms with Crippen molar-refractivity contribution in [2.45, 2.75) is 20.8 Å². The molecule has 0 atom stereocenters. The molecule has 0 fully saturated rings. The third-order valence-electron chi connectivity index (χ3n) is 5.96. The summed E-state index contributed by atoms with van der Waals surface area (Å²) in [5.74, 6) is -0.295. The molecule has 0 saturated heterocycles. The van der Waals surface area contributed by atoms with Crippen LogP contribution >= 0.6 is 22.9 Å². The van der Waals surface area contributed by atoms with Gasteiger partial charge in [-0.05, 0) is 92.1 Å². The van der Waals surface area contributed by atoms with E-state index in [2.05, 4.69) is 10.3 Å². The average molecular weight is 552 g/mol. The fraction of sp³-hybridized carbons (Fsp3) is 0.179. The van der Waals surface area contributed by atoms with E-state index in [1.165, 1.54) is 35.6 Å². The van der Waals surface area contributed by atoms with Gasteiger partial charge in [-0.3, -0.25) is 9.59 Å². The molecule has 0 bridgehead atoms. The van der Waals surface area contributed by atoms with Crippen molar-refractivity contribution in [1.29, 1.82) is 0 Å². The van der Waals surface area contributed by atoms with E-state index in [0.717, 1.165) is 22.2 Å². The number of aromatic nitrogens is 2. The average Bonchev–Trinajstić information content (AvgIpc) is 3.36. The van der Waals surface area contributed by atoms with E-state index in [1.807, 2.05) is 32.9 Å². The summed E-state index contributed by atoms with van der Waals surface area (Å²) >= 11 is 7.81. The second-order valence-electron chi connectivity index (χ2n) is 8.68. The van der Waals surface area contributed by atoms with Gasteiger partial charge in [-0.25, -0.2) is 13.8 Å². The number of benzene rings is 3.